The van der Waals surface area contributed by atoms with E-state index in [0.29, 0.717) is 13.0 Å². The summed E-state index contributed by atoms with van der Waals surface area (Å²) in [5.74, 6) is -0.663. The summed E-state index contributed by atoms with van der Waals surface area (Å²) in [4.78, 5) is 32.3. The van der Waals surface area contributed by atoms with Crippen molar-refractivity contribution in [1.82, 2.24) is 25.6 Å². The second-order valence-electron chi connectivity index (χ2n) is 10.7. The van der Waals surface area contributed by atoms with Crippen LogP contribution in [0.5, 0.6) is 0 Å². The van der Waals surface area contributed by atoms with Crippen molar-refractivity contribution < 1.29 is 14.7 Å². The molecule has 0 fully saturated rings. The van der Waals surface area contributed by atoms with E-state index in [0.717, 1.165) is 22.4 Å². The molecule has 0 spiro atoms. The Kier molecular flexibility index (Phi) is 11.0. The van der Waals surface area contributed by atoms with Crippen LogP contribution in [0.4, 0.5) is 0 Å². The lowest BCUT2D eigenvalue weighted by Crippen LogP contribution is -2.58. The lowest BCUT2D eigenvalue weighted by molar-refractivity contribution is -0.135. The van der Waals surface area contributed by atoms with E-state index in [1.807, 2.05) is 93.6 Å². The molecule has 0 bridgehead atoms. The summed E-state index contributed by atoms with van der Waals surface area (Å²) >= 11 is 6.04. The highest BCUT2D eigenvalue weighted by molar-refractivity contribution is 6.13. The number of halogens is 1. The molecule has 8 nitrogen and oxygen atoms in total. The van der Waals surface area contributed by atoms with Gasteiger partial charge < -0.3 is 10.4 Å². The quantitative estimate of drug-likeness (QED) is 0.201. The van der Waals surface area contributed by atoms with Crippen LogP contribution in [0.25, 0.3) is 11.3 Å². The van der Waals surface area contributed by atoms with Crippen molar-refractivity contribution >= 4 is 23.6 Å². The molecule has 1 aromatic heterocycles. The third-order valence-corrected chi connectivity index (χ3v) is 6.62. The van der Waals surface area contributed by atoms with Crippen LogP contribution >= 0.6 is 11.8 Å². The number of pyridine rings is 1. The standard InChI is InChI=1S/C30H38ClN5O3/c1-21(37)33-28(30(2,3)4)29(39)35-36(20-27(38)26(34-31)18-22-10-6-5-7-11-22)19-23-13-15-24(16-14-23)25-12-8-9-17-32-25/h5-17,26-28,34,38H,18-20H2,1-4H3,(H,33,37)(H,35,39)/t26-,27-,28+/m0/s1. The Hall–Kier alpha value is -3.30. The van der Waals surface area contributed by atoms with Gasteiger partial charge in [0.1, 0.15) is 6.04 Å². The Balaban J connectivity index is 1.80. The van der Waals surface area contributed by atoms with Gasteiger partial charge >= 0.3 is 0 Å². The Morgan fingerprint density at radius 3 is 2.21 bits per heavy atom. The molecular weight excluding hydrogens is 514 g/mol. The van der Waals surface area contributed by atoms with Gasteiger partial charge in [0.25, 0.3) is 5.91 Å². The van der Waals surface area contributed by atoms with Crippen LogP contribution in [0.2, 0.25) is 0 Å². The number of aliphatic hydroxyl groups excluding tert-OH is 1. The largest absolute Gasteiger partial charge is 0.390 e. The number of hydrogen-bond donors (Lipinski definition) is 4. The van der Waals surface area contributed by atoms with Gasteiger partial charge in [0.15, 0.2) is 0 Å². The van der Waals surface area contributed by atoms with Gasteiger partial charge in [-0.1, -0.05) is 81.4 Å². The van der Waals surface area contributed by atoms with Gasteiger partial charge in [-0.2, -0.15) is 0 Å². The summed E-state index contributed by atoms with van der Waals surface area (Å²) in [7, 11) is 0. The number of hydrogen-bond acceptors (Lipinski definition) is 6. The van der Waals surface area contributed by atoms with Crippen molar-refractivity contribution in [2.75, 3.05) is 6.54 Å². The molecule has 0 saturated carbocycles. The summed E-state index contributed by atoms with van der Waals surface area (Å²) in [5, 5.41) is 15.6. The SMILES string of the molecule is CC(=O)N[C@H](C(=O)NN(Cc1ccc(-c2ccccn2)cc1)C[C@H](O)[C@H](Cc1ccccc1)NCl)C(C)(C)C. The molecule has 2 amide bonds. The molecule has 0 unspecified atom stereocenters. The van der Waals surface area contributed by atoms with E-state index in [1.165, 1.54) is 6.92 Å². The van der Waals surface area contributed by atoms with E-state index >= 15 is 0 Å². The van der Waals surface area contributed by atoms with E-state index in [2.05, 4.69) is 20.6 Å². The summed E-state index contributed by atoms with van der Waals surface area (Å²) in [6.07, 6.45) is 1.34. The van der Waals surface area contributed by atoms with Crippen LogP contribution < -0.4 is 15.6 Å². The second kappa shape index (κ2) is 14.2. The van der Waals surface area contributed by atoms with E-state index in [4.69, 9.17) is 11.8 Å². The Morgan fingerprint density at radius 1 is 0.974 bits per heavy atom. The lowest BCUT2D eigenvalue weighted by Gasteiger charge is -2.34. The highest BCUT2D eigenvalue weighted by Gasteiger charge is 2.33. The number of nitrogens with one attached hydrogen (secondary N) is 3. The molecule has 9 heteroatoms. The van der Waals surface area contributed by atoms with Crippen LogP contribution in [-0.2, 0) is 22.6 Å². The van der Waals surface area contributed by atoms with Crippen LogP contribution in [0.1, 0.15) is 38.8 Å². The van der Waals surface area contributed by atoms with E-state index in [1.54, 1.807) is 11.2 Å². The zero-order valence-electron chi connectivity index (χ0n) is 22.9. The highest BCUT2D eigenvalue weighted by Crippen LogP contribution is 2.21. The topological polar surface area (TPSA) is 107 Å². The van der Waals surface area contributed by atoms with E-state index in [-0.39, 0.29) is 18.4 Å². The number of rotatable bonds is 12. The number of hydrazine groups is 1. The molecule has 3 aromatic rings. The van der Waals surface area contributed by atoms with Gasteiger partial charge in [-0.25, -0.2) is 9.84 Å². The number of benzene rings is 2. The van der Waals surface area contributed by atoms with E-state index < -0.39 is 23.6 Å². The number of aliphatic hydroxyl groups is 1. The third-order valence-electron chi connectivity index (χ3n) is 6.34. The van der Waals surface area contributed by atoms with Gasteiger partial charge in [0.05, 0.1) is 17.8 Å². The fourth-order valence-corrected chi connectivity index (χ4v) is 4.47. The molecule has 0 aliphatic rings. The molecule has 39 heavy (non-hydrogen) atoms. The zero-order chi connectivity index (χ0) is 28.4. The first-order chi connectivity index (χ1) is 18.6. The van der Waals surface area contributed by atoms with Crippen LogP contribution in [-0.4, -0.2) is 51.6 Å². The maximum absolute atomic E-state index is 13.4. The lowest BCUT2D eigenvalue weighted by atomic mass is 9.86. The smallest absolute Gasteiger partial charge is 0.257 e. The average molecular weight is 552 g/mol. The van der Waals surface area contributed by atoms with Gasteiger partial charge in [0, 0.05) is 31.8 Å². The molecule has 4 N–H and O–H groups in total. The van der Waals surface area contributed by atoms with Crippen molar-refractivity contribution in [2.24, 2.45) is 5.41 Å². The number of aromatic nitrogens is 1. The van der Waals surface area contributed by atoms with Crippen molar-refractivity contribution in [1.29, 1.82) is 0 Å². The van der Waals surface area contributed by atoms with Gasteiger partial charge in [-0.15, -0.1) is 0 Å². The first kappa shape index (κ1) is 30.2. The van der Waals surface area contributed by atoms with Crippen LogP contribution in [0.3, 0.4) is 0 Å². The van der Waals surface area contributed by atoms with Crippen LogP contribution in [0, 0.1) is 5.41 Å². The van der Waals surface area contributed by atoms with E-state index in [9.17, 15) is 14.7 Å². The first-order valence-corrected chi connectivity index (χ1v) is 13.4. The first-order valence-electron chi connectivity index (χ1n) is 13.0. The number of carbonyl (C=O) groups excluding carboxylic acids is 2. The van der Waals surface area contributed by atoms with Gasteiger partial charge in [0.2, 0.25) is 5.91 Å². The normalized spacial score (nSPS) is 13.9. The van der Waals surface area contributed by atoms with Crippen molar-refractivity contribution in [2.45, 2.75) is 58.8 Å². The molecule has 3 atom stereocenters. The molecule has 208 valence electrons. The maximum Gasteiger partial charge on any atom is 0.257 e. The summed E-state index contributed by atoms with van der Waals surface area (Å²) in [5.41, 5.74) is 6.19. The molecular formula is C30H38ClN5O3. The molecule has 1 heterocycles. The molecule has 0 aliphatic carbocycles. The molecule has 2 aromatic carbocycles. The summed E-state index contributed by atoms with van der Waals surface area (Å²) in [6, 6.07) is 22.1. The maximum atomic E-state index is 13.4. The van der Waals surface area contributed by atoms with Crippen molar-refractivity contribution in [3.63, 3.8) is 0 Å². The minimum absolute atomic E-state index is 0.0991. The van der Waals surface area contributed by atoms with Crippen molar-refractivity contribution in [3.05, 3.63) is 90.1 Å². The monoisotopic (exact) mass is 551 g/mol. The number of carbonyl (C=O) groups is 2. The fraction of sp³-hybridized carbons (Fsp3) is 0.367. The van der Waals surface area contributed by atoms with Gasteiger partial charge in [-0.3, -0.25) is 20.0 Å². The zero-order valence-corrected chi connectivity index (χ0v) is 23.7. The summed E-state index contributed by atoms with van der Waals surface area (Å²) < 4.78 is 0. The Bertz CT molecular complexity index is 1190. The number of amides is 2. The molecule has 3 rings (SSSR count). The highest BCUT2D eigenvalue weighted by atomic mass is 35.5. The minimum Gasteiger partial charge on any atom is -0.390 e. The Labute approximate surface area is 235 Å². The van der Waals surface area contributed by atoms with Crippen LogP contribution in [0.15, 0.2) is 79.0 Å². The average Bonchev–Trinajstić information content (AvgIpc) is 2.91. The second-order valence-corrected chi connectivity index (χ2v) is 11.0. The predicted octanol–water partition coefficient (Wildman–Crippen LogP) is 3.85. The molecule has 0 radical (unpaired) electrons. The fourth-order valence-electron chi connectivity index (χ4n) is 4.25. The molecule has 0 saturated heterocycles. The predicted molar refractivity (Wildman–Crippen MR) is 154 cm³/mol. The van der Waals surface area contributed by atoms with Gasteiger partial charge in [-0.05, 0) is 46.9 Å². The minimum atomic E-state index is -0.912. The Morgan fingerprint density at radius 2 is 1.64 bits per heavy atom. The summed E-state index contributed by atoms with van der Waals surface area (Å²) in [6.45, 7) is 7.46. The third kappa shape index (κ3) is 9.44. The molecule has 0 aliphatic heterocycles. The van der Waals surface area contributed by atoms with Crippen molar-refractivity contribution in [3.8, 4) is 11.3 Å². The number of nitrogens with zero attached hydrogens (tertiary/aromatic N) is 2.